The zero-order chi connectivity index (χ0) is 14.0. The minimum absolute atomic E-state index is 0.0405. The third kappa shape index (κ3) is 2.81. The van der Waals surface area contributed by atoms with Crippen molar-refractivity contribution in [3.05, 3.63) is 41.7 Å². The quantitative estimate of drug-likeness (QED) is 0.918. The van der Waals surface area contributed by atoms with Crippen LogP contribution >= 0.6 is 0 Å². The third-order valence-corrected chi connectivity index (χ3v) is 2.93. The molecule has 3 nitrogen and oxygen atoms in total. The van der Waals surface area contributed by atoms with Gasteiger partial charge in [-0.25, -0.2) is 13.8 Å². The van der Waals surface area contributed by atoms with Crippen LogP contribution in [0.3, 0.4) is 0 Å². The zero-order valence-corrected chi connectivity index (χ0v) is 10.8. The van der Waals surface area contributed by atoms with Gasteiger partial charge >= 0.3 is 0 Å². The highest BCUT2D eigenvalue weighted by molar-refractivity contribution is 5.56. The van der Waals surface area contributed by atoms with E-state index in [1.54, 1.807) is 28.8 Å². The molecular weight excluding hydrogens is 250 g/mol. The van der Waals surface area contributed by atoms with E-state index in [1.165, 1.54) is 6.20 Å². The monoisotopic (exact) mass is 266 g/mol. The van der Waals surface area contributed by atoms with E-state index in [-0.39, 0.29) is 18.3 Å². The topological polar surface area (TPSA) is 38.0 Å². The van der Waals surface area contributed by atoms with E-state index < -0.39 is 6.43 Å². The Bertz CT molecular complexity index is 547. The normalized spacial score (nSPS) is 11.5. The zero-order valence-electron chi connectivity index (χ0n) is 10.8. The van der Waals surface area contributed by atoms with E-state index >= 15 is 0 Å². The first-order chi connectivity index (χ1) is 9.02. The van der Waals surface area contributed by atoms with E-state index in [0.717, 1.165) is 11.1 Å². The Morgan fingerprint density at radius 1 is 1.21 bits per heavy atom. The highest BCUT2D eigenvalue weighted by Crippen LogP contribution is 2.27. The molecule has 0 aliphatic carbocycles. The van der Waals surface area contributed by atoms with Crippen molar-refractivity contribution in [1.82, 2.24) is 9.55 Å². The van der Waals surface area contributed by atoms with Gasteiger partial charge in [0.05, 0.1) is 6.61 Å². The molecule has 0 saturated carbocycles. The van der Waals surface area contributed by atoms with Crippen LogP contribution < -0.4 is 0 Å². The molecule has 1 aromatic carbocycles. The number of aliphatic hydroxyl groups is 1. The molecule has 19 heavy (non-hydrogen) atoms. The molecule has 0 fully saturated rings. The summed E-state index contributed by atoms with van der Waals surface area (Å²) in [5.41, 5.74) is 1.33. The lowest BCUT2D eigenvalue weighted by molar-refractivity contribution is 0.146. The SMILES string of the molecule is CC(C)n1cc(C(F)F)nc1-c1ccc(CO)cc1. The number of alkyl halides is 2. The summed E-state index contributed by atoms with van der Waals surface area (Å²) in [6, 6.07) is 7.13. The fourth-order valence-corrected chi connectivity index (χ4v) is 1.88. The maximum atomic E-state index is 12.7. The summed E-state index contributed by atoms with van der Waals surface area (Å²) in [6.45, 7) is 3.80. The molecule has 0 aliphatic heterocycles. The highest BCUT2D eigenvalue weighted by atomic mass is 19.3. The first-order valence-electron chi connectivity index (χ1n) is 6.10. The van der Waals surface area contributed by atoms with Crippen LogP contribution in [0.2, 0.25) is 0 Å². The van der Waals surface area contributed by atoms with Crippen molar-refractivity contribution in [3.8, 4) is 11.4 Å². The van der Waals surface area contributed by atoms with Crippen molar-refractivity contribution in [2.45, 2.75) is 32.9 Å². The lowest BCUT2D eigenvalue weighted by Crippen LogP contribution is -2.01. The van der Waals surface area contributed by atoms with Gasteiger partial charge in [-0.05, 0) is 19.4 Å². The molecule has 1 aromatic heterocycles. The predicted molar refractivity (Wildman–Crippen MR) is 68.9 cm³/mol. The van der Waals surface area contributed by atoms with Crippen molar-refractivity contribution in [1.29, 1.82) is 0 Å². The molecule has 102 valence electrons. The molecule has 2 aromatic rings. The van der Waals surface area contributed by atoms with Gasteiger partial charge in [-0.2, -0.15) is 0 Å². The highest BCUT2D eigenvalue weighted by Gasteiger charge is 2.17. The lowest BCUT2D eigenvalue weighted by atomic mass is 10.1. The van der Waals surface area contributed by atoms with E-state index in [1.807, 2.05) is 13.8 Å². The molecule has 1 heterocycles. The summed E-state index contributed by atoms with van der Waals surface area (Å²) in [4.78, 5) is 4.01. The molecule has 0 aliphatic rings. The average molecular weight is 266 g/mol. The van der Waals surface area contributed by atoms with Crippen LogP contribution in [-0.4, -0.2) is 14.7 Å². The number of aliphatic hydroxyl groups excluding tert-OH is 1. The van der Waals surface area contributed by atoms with E-state index in [0.29, 0.717) is 5.82 Å². The van der Waals surface area contributed by atoms with Crippen LogP contribution in [0.1, 0.15) is 37.6 Å². The number of aromatic nitrogens is 2. The van der Waals surface area contributed by atoms with Crippen LogP contribution in [0.4, 0.5) is 8.78 Å². The maximum absolute atomic E-state index is 12.7. The number of rotatable bonds is 4. The van der Waals surface area contributed by atoms with Gasteiger partial charge in [0, 0.05) is 17.8 Å². The number of imidazole rings is 1. The summed E-state index contributed by atoms with van der Waals surface area (Å²) >= 11 is 0. The minimum atomic E-state index is -2.57. The fourth-order valence-electron chi connectivity index (χ4n) is 1.88. The first-order valence-corrected chi connectivity index (χ1v) is 6.10. The van der Waals surface area contributed by atoms with Gasteiger partial charge in [0.1, 0.15) is 11.5 Å². The van der Waals surface area contributed by atoms with Crippen molar-refractivity contribution < 1.29 is 13.9 Å². The Hall–Kier alpha value is -1.75. The van der Waals surface area contributed by atoms with Gasteiger partial charge in [-0.15, -0.1) is 0 Å². The van der Waals surface area contributed by atoms with Gasteiger partial charge < -0.3 is 9.67 Å². The third-order valence-electron chi connectivity index (χ3n) is 2.93. The molecular formula is C14H16F2N2O. The van der Waals surface area contributed by atoms with Crippen molar-refractivity contribution >= 4 is 0 Å². The van der Waals surface area contributed by atoms with Crippen LogP contribution in [-0.2, 0) is 6.61 Å². The summed E-state index contributed by atoms with van der Waals surface area (Å²) in [5.74, 6) is 0.523. The lowest BCUT2D eigenvalue weighted by Gasteiger charge is -2.11. The average Bonchev–Trinajstić information content (AvgIpc) is 2.84. The molecule has 0 atom stereocenters. The Kier molecular flexibility index (Phi) is 3.95. The number of halogens is 2. The summed E-state index contributed by atoms with van der Waals surface area (Å²) in [7, 11) is 0. The first kappa shape index (κ1) is 13.7. The van der Waals surface area contributed by atoms with Gasteiger partial charge in [0.2, 0.25) is 0 Å². The van der Waals surface area contributed by atoms with Crippen molar-refractivity contribution in [3.63, 3.8) is 0 Å². The van der Waals surface area contributed by atoms with E-state index in [9.17, 15) is 8.78 Å². The van der Waals surface area contributed by atoms with Crippen LogP contribution in [0.5, 0.6) is 0 Å². The summed E-state index contributed by atoms with van der Waals surface area (Å²) < 4.78 is 27.2. The number of nitrogens with zero attached hydrogens (tertiary/aromatic N) is 2. The van der Waals surface area contributed by atoms with Crippen LogP contribution in [0.25, 0.3) is 11.4 Å². The van der Waals surface area contributed by atoms with Crippen LogP contribution in [0, 0.1) is 0 Å². The standard InChI is InChI=1S/C14H16F2N2O/c1-9(2)18-7-12(13(15)16)17-14(18)11-5-3-10(8-19)4-6-11/h3-7,9,13,19H,8H2,1-2H3. The smallest absolute Gasteiger partial charge is 0.281 e. The molecule has 0 saturated heterocycles. The van der Waals surface area contributed by atoms with Crippen LogP contribution in [0.15, 0.2) is 30.5 Å². The molecule has 0 amide bonds. The molecule has 0 radical (unpaired) electrons. The Labute approximate surface area is 110 Å². The van der Waals surface area contributed by atoms with Gasteiger partial charge in [-0.3, -0.25) is 0 Å². The van der Waals surface area contributed by atoms with E-state index in [2.05, 4.69) is 4.98 Å². The minimum Gasteiger partial charge on any atom is -0.392 e. The molecule has 0 bridgehead atoms. The fraction of sp³-hybridized carbons (Fsp3) is 0.357. The van der Waals surface area contributed by atoms with Crippen molar-refractivity contribution in [2.75, 3.05) is 0 Å². The molecule has 5 heteroatoms. The Morgan fingerprint density at radius 3 is 2.32 bits per heavy atom. The molecule has 2 rings (SSSR count). The Balaban J connectivity index is 2.46. The van der Waals surface area contributed by atoms with E-state index in [4.69, 9.17) is 5.11 Å². The number of hydrogen-bond acceptors (Lipinski definition) is 2. The number of hydrogen-bond donors (Lipinski definition) is 1. The van der Waals surface area contributed by atoms with Gasteiger partial charge in [0.15, 0.2) is 0 Å². The molecule has 0 unspecified atom stereocenters. The van der Waals surface area contributed by atoms with Gasteiger partial charge in [-0.1, -0.05) is 24.3 Å². The maximum Gasteiger partial charge on any atom is 0.281 e. The Morgan fingerprint density at radius 2 is 1.84 bits per heavy atom. The second-order valence-corrected chi connectivity index (χ2v) is 4.65. The largest absolute Gasteiger partial charge is 0.392 e. The van der Waals surface area contributed by atoms with Gasteiger partial charge in [0.25, 0.3) is 6.43 Å². The summed E-state index contributed by atoms with van der Waals surface area (Å²) in [5, 5.41) is 9.00. The number of benzene rings is 1. The summed E-state index contributed by atoms with van der Waals surface area (Å²) in [6.07, 6.45) is -1.18. The molecule has 0 spiro atoms. The second-order valence-electron chi connectivity index (χ2n) is 4.65. The molecule has 1 N–H and O–H groups in total. The van der Waals surface area contributed by atoms with Crippen molar-refractivity contribution in [2.24, 2.45) is 0 Å². The second kappa shape index (κ2) is 5.48. The predicted octanol–water partition coefficient (Wildman–Crippen LogP) is 3.56.